The second-order valence-corrected chi connectivity index (χ2v) is 5.44. The predicted molar refractivity (Wildman–Crippen MR) is 81.5 cm³/mol. The molecule has 0 aliphatic carbocycles. The van der Waals surface area contributed by atoms with Crippen molar-refractivity contribution in [3.63, 3.8) is 0 Å². The number of amides is 1. The van der Waals surface area contributed by atoms with Crippen LogP contribution in [0.2, 0.25) is 0 Å². The number of aromatic nitrogens is 3. The Morgan fingerprint density at radius 2 is 2.00 bits per heavy atom. The summed E-state index contributed by atoms with van der Waals surface area (Å²) in [6.45, 7) is 1.68. The van der Waals surface area contributed by atoms with Crippen molar-refractivity contribution in [3.05, 3.63) is 46.1 Å². The monoisotopic (exact) mass is 351 g/mol. The molecule has 1 amide bonds. The van der Waals surface area contributed by atoms with Crippen LogP contribution in [0.15, 0.2) is 22.8 Å². The summed E-state index contributed by atoms with van der Waals surface area (Å²) in [5.41, 5.74) is 11.7. The zero-order valence-corrected chi connectivity index (χ0v) is 12.9. The van der Waals surface area contributed by atoms with Crippen molar-refractivity contribution in [2.45, 2.75) is 19.5 Å². The minimum Gasteiger partial charge on any atom is -0.396 e. The van der Waals surface area contributed by atoms with Gasteiger partial charge in [0.1, 0.15) is 0 Å². The van der Waals surface area contributed by atoms with Crippen LogP contribution < -0.4 is 11.5 Å². The van der Waals surface area contributed by atoms with Crippen molar-refractivity contribution in [3.8, 4) is 0 Å². The van der Waals surface area contributed by atoms with E-state index >= 15 is 0 Å². The molecule has 0 aliphatic rings. The van der Waals surface area contributed by atoms with Gasteiger partial charge >= 0.3 is 6.18 Å². The number of hydrogen-bond donors (Lipinski definition) is 2. The van der Waals surface area contributed by atoms with Gasteiger partial charge in [0.05, 0.1) is 16.8 Å². The second-order valence-electron chi connectivity index (χ2n) is 5.44. The molecule has 0 aliphatic heterocycles. The Morgan fingerprint density at radius 1 is 1.28 bits per heavy atom. The SMILES string of the molecule is Cc1nc2nonc2c(N)c1Cc1ccc(C(F)(F)F)c(C(N)=O)c1. The lowest BCUT2D eigenvalue weighted by molar-refractivity contribution is -0.137. The van der Waals surface area contributed by atoms with E-state index in [1.165, 1.54) is 6.07 Å². The molecule has 25 heavy (non-hydrogen) atoms. The lowest BCUT2D eigenvalue weighted by Gasteiger charge is -2.13. The number of primary amides is 1. The molecule has 2 aromatic heterocycles. The molecule has 3 rings (SSSR count). The first-order valence-electron chi connectivity index (χ1n) is 7.05. The fraction of sp³-hybridized carbons (Fsp3) is 0.200. The van der Waals surface area contributed by atoms with Gasteiger partial charge in [-0.05, 0) is 34.9 Å². The molecule has 0 spiro atoms. The van der Waals surface area contributed by atoms with E-state index in [1.807, 2.05) is 0 Å². The van der Waals surface area contributed by atoms with E-state index in [1.54, 1.807) is 6.92 Å². The molecule has 0 saturated carbocycles. The standard InChI is InChI=1S/C15H12F3N5O2/c1-6-8(11(19)12-14(21-6)23-25-22-12)4-7-2-3-10(15(16,17)18)9(5-7)13(20)24/h2-3,5H,4,19H2,1H3,(H2,20,24). The van der Waals surface area contributed by atoms with Gasteiger partial charge in [0, 0.05) is 17.7 Å². The fourth-order valence-electron chi connectivity index (χ4n) is 2.57. The van der Waals surface area contributed by atoms with Gasteiger partial charge in [-0.2, -0.15) is 13.2 Å². The maximum absolute atomic E-state index is 13.0. The summed E-state index contributed by atoms with van der Waals surface area (Å²) in [7, 11) is 0. The summed E-state index contributed by atoms with van der Waals surface area (Å²) in [6.07, 6.45) is -4.53. The van der Waals surface area contributed by atoms with Crippen LogP contribution in [-0.2, 0) is 12.6 Å². The lowest BCUT2D eigenvalue weighted by atomic mass is 9.97. The Hall–Kier alpha value is -3.17. The Kier molecular flexibility index (Phi) is 3.82. The Balaban J connectivity index is 2.07. The number of hydrogen-bond acceptors (Lipinski definition) is 6. The summed E-state index contributed by atoms with van der Waals surface area (Å²) in [5.74, 6) is -1.16. The third-order valence-corrected chi connectivity index (χ3v) is 3.80. The van der Waals surface area contributed by atoms with Gasteiger partial charge in [0.15, 0.2) is 5.52 Å². The molecule has 2 heterocycles. The van der Waals surface area contributed by atoms with Crippen LogP contribution in [0.4, 0.5) is 18.9 Å². The van der Waals surface area contributed by atoms with Crippen molar-refractivity contribution in [1.82, 2.24) is 15.3 Å². The zero-order valence-electron chi connectivity index (χ0n) is 12.9. The van der Waals surface area contributed by atoms with Crippen LogP contribution in [0.25, 0.3) is 11.2 Å². The minimum absolute atomic E-state index is 0.145. The highest BCUT2D eigenvalue weighted by molar-refractivity contribution is 5.94. The Morgan fingerprint density at radius 3 is 2.64 bits per heavy atom. The van der Waals surface area contributed by atoms with Gasteiger partial charge in [-0.15, -0.1) is 0 Å². The molecule has 7 nitrogen and oxygen atoms in total. The van der Waals surface area contributed by atoms with Crippen molar-refractivity contribution in [2.24, 2.45) is 5.73 Å². The van der Waals surface area contributed by atoms with E-state index in [4.69, 9.17) is 11.5 Å². The number of rotatable bonds is 3. The number of carbonyl (C=O) groups excluding carboxylic acids is 1. The van der Waals surface area contributed by atoms with Crippen molar-refractivity contribution in [2.75, 3.05) is 5.73 Å². The highest BCUT2D eigenvalue weighted by Gasteiger charge is 2.34. The van der Waals surface area contributed by atoms with E-state index < -0.39 is 23.2 Å². The lowest BCUT2D eigenvalue weighted by Crippen LogP contribution is -2.19. The molecule has 1 aromatic carbocycles. The fourth-order valence-corrected chi connectivity index (χ4v) is 2.57. The van der Waals surface area contributed by atoms with Gasteiger partial charge in [-0.25, -0.2) is 9.61 Å². The van der Waals surface area contributed by atoms with Crippen LogP contribution in [0.3, 0.4) is 0 Å². The van der Waals surface area contributed by atoms with Crippen LogP contribution in [0.1, 0.15) is 32.7 Å². The summed E-state index contributed by atoms with van der Waals surface area (Å²) in [4.78, 5) is 15.6. The van der Waals surface area contributed by atoms with Crippen molar-refractivity contribution >= 4 is 22.8 Å². The number of halogens is 3. The highest BCUT2D eigenvalue weighted by atomic mass is 19.4. The molecule has 10 heteroatoms. The molecule has 0 atom stereocenters. The van der Waals surface area contributed by atoms with Crippen LogP contribution in [-0.4, -0.2) is 21.2 Å². The van der Waals surface area contributed by atoms with Crippen LogP contribution >= 0.6 is 0 Å². The number of benzene rings is 1. The van der Waals surface area contributed by atoms with E-state index in [2.05, 4.69) is 19.9 Å². The maximum atomic E-state index is 13.0. The first kappa shape index (κ1) is 16.7. The summed E-state index contributed by atoms with van der Waals surface area (Å²) in [6, 6.07) is 3.19. The second kappa shape index (κ2) is 5.72. The molecule has 0 radical (unpaired) electrons. The number of aryl methyl sites for hydroxylation is 1. The molecule has 130 valence electrons. The average molecular weight is 351 g/mol. The van der Waals surface area contributed by atoms with Crippen LogP contribution in [0, 0.1) is 6.92 Å². The zero-order chi connectivity index (χ0) is 18.4. The van der Waals surface area contributed by atoms with E-state index in [0.717, 1.165) is 12.1 Å². The van der Waals surface area contributed by atoms with Crippen molar-refractivity contribution in [1.29, 1.82) is 0 Å². The third-order valence-electron chi connectivity index (χ3n) is 3.80. The molecular weight excluding hydrogens is 339 g/mol. The summed E-state index contributed by atoms with van der Waals surface area (Å²) < 4.78 is 43.5. The largest absolute Gasteiger partial charge is 0.417 e. The third kappa shape index (κ3) is 2.97. The Bertz CT molecular complexity index is 981. The van der Waals surface area contributed by atoms with Gasteiger partial charge in [-0.3, -0.25) is 4.79 Å². The van der Waals surface area contributed by atoms with Gasteiger partial charge < -0.3 is 11.5 Å². The first-order chi connectivity index (χ1) is 11.7. The Labute approximate surface area is 138 Å². The van der Waals surface area contributed by atoms with E-state index in [-0.39, 0.29) is 23.3 Å². The smallest absolute Gasteiger partial charge is 0.396 e. The van der Waals surface area contributed by atoms with Gasteiger partial charge in [0.2, 0.25) is 11.6 Å². The molecule has 0 bridgehead atoms. The van der Waals surface area contributed by atoms with E-state index in [0.29, 0.717) is 16.8 Å². The van der Waals surface area contributed by atoms with Gasteiger partial charge in [0.25, 0.3) is 0 Å². The molecule has 4 N–H and O–H groups in total. The predicted octanol–water partition coefficient (Wildman–Crippen LogP) is 2.22. The molecule has 0 saturated heterocycles. The first-order valence-corrected chi connectivity index (χ1v) is 7.05. The average Bonchev–Trinajstić information content (AvgIpc) is 2.98. The number of nitrogens with zero attached hydrogens (tertiary/aromatic N) is 3. The molecule has 0 unspecified atom stereocenters. The highest BCUT2D eigenvalue weighted by Crippen LogP contribution is 2.33. The van der Waals surface area contributed by atoms with Crippen molar-refractivity contribution < 1.29 is 22.6 Å². The minimum atomic E-state index is -4.68. The number of nitrogen functional groups attached to an aromatic ring is 1. The number of anilines is 1. The maximum Gasteiger partial charge on any atom is 0.417 e. The molecule has 3 aromatic rings. The number of carbonyl (C=O) groups is 1. The number of pyridine rings is 1. The summed E-state index contributed by atoms with van der Waals surface area (Å²) >= 11 is 0. The summed E-state index contributed by atoms with van der Waals surface area (Å²) in [5, 5.41) is 7.26. The quantitative estimate of drug-likeness (QED) is 0.746. The topological polar surface area (TPSA) is 121 Å². The van der Waals surface area contributed by atoms with Crippen LogP contribution in [0.5, 0.6) is 0 Å². The number of fused-ring (bicyclic) bond motifs is 1. The van der Waals surface area contributed by atoms with Gasteiger partial charge in [-0.1, -0.05) is 6.07 Å². The number of alkyl halides is 3. The molecular formula is C15H12F3N5O2. The van der Waals surface area contributed by atoms with E-state index in [9.17, 15) is 18.0 Å². The molecule has 0 fully saturated rings. The normalized spacial score (nSPS) is 11.8. The number of nitrogens with two attached hydrogens (primary N) is 2.